The van der Waals surface area contributed by atoms with Gasteiger partial charge in [0.05, 0.1) is 5.56 Å². The van der Waals surface area contributed by atoms with Crippen LogP contribution in [0.3, 0.4) is 0 Å². The summed E-state index contributed by atoms with van der Waals surface area (Å²) in [5.74, 6) is -0.690. The van der Waals surface area contributed by atoms with Crippen LogP contribution in [0.5, 0.6) is 5.75 Å². The van der Waals surface area contributed by atoms with E-state index in [-0.39, 0.29) is 5.46 Å². The maximum atomic E-state index is 12.1. The molecule has 1 nitrogen and oxygen atoms in total. The van der Waals surface area contributed by atoms with Crippen molar-refractivity contribution in [2.45, 2.75) is 6.18 Å². The highest BCUT2D eigenvalue weighted by Gasteiger charge is 2.33. The molecule has 0 aliphatic carbocycles. The number of halogens is 3. The molecule has 0 radical (unpaired) electrons. The molecule has 1 N–H and O–H groups in total. The summed E-state index contributed by atoms with van der Waals surface area (Å²) >= 11 is 0. The van der Waals surface area contributed by atoms with Crippen molar-refractivity contribution in [3.05, 3.63) is 23.8 Å². The first kappa shape index (κ1) is 8.97. The van der Waals surface area contributed by atoms with Crippen molar-refractivity contribution in [1.29, 1.82) is 0 Å². The number of phenols is 1. The fourth-order valence-corrected chi connectivity index (χ4v) is 0.888. The fraction of sp³-hybridized carbons (Fsp3) is 0.143. The van der Waals surface area contributed by atoms with E-state index in [9.17, 15) is 13.2 Å². The van der Waals surface area contributed by atoms with Crippen molar-refractivity contribution in [3.8, 4) is 5.75 Å². The Balaban J connectivity index is 3.26. The highest BCUT2D eigenvalue weighted by atomic mass is 19.4. The van der Waals surface area contributed by atoms with E-state index in [1.54, 1.807) is 0 Å². The van der Waals surface area contributed by atoms with Gasteiger partial charge in [-0.3, -0.25) is 0 Å². The molecule has 64 valence electrons. The first-order chi connectivity index (χ1) is 5.43. The molecule has 0 fully saturated rings. The molecule has 0 atom stereocenters. The average Bonchev–Trinajstić information content (AvgIpc) is 1.92. The molecule has 1 rings (SSSR count). The lowest BCUT2D eigenvalue weighted by Crippen LogP contribution is -2.12. The summed E-state index contributed by atoms with van der Waals surface area (Å²) in [6.07, 6.45) is -4.48. The van der Waals surface area contributed by atoms with Crippen molar-refractivity contribution in [3.63, 3.8) is 0 Å². The van der Waals surface area contributed by atoms with Crippen LogP contribution in [0.15, 0.2) is 18.2 Å². The lowest BCUT2D eigenvalue weighted by molar-refractivity contribution is -0.138. The van der Waals surface area contributed by atoms with Crippen molar-refractivity contribution < 1.29 is 18.3 Å². The summed E-state index contributed by atoms with van der Waals surface area (Å²) in [6.45, 7) is 0. The molecule has 0 bridgehead atoms. The minimum Gasteiger partial charge on any atom is -0.508 e. The van der Waals surface area contributed by atoms with E-state index in [0.717, 1.165) is 6.07 Å². The summed E-state index contributed by atoms with van der Waals surface area (Å²) in [7, 11) is 1.42. The summed E-state index contributed by atoms with van der Waals surface area (Å²) in [5, 5.41) is 9.01. The maximum absolute atomic E-state index is 12.1. The van der Waals surface area contributed by atoms with Crippen LogP contribution in [0.25, 0.3) is 0 Å². The normalized spacial score (nSPS) is 11.6. The second-order valence-electron chi connectivity index (χ2n) is 2.47. The molecule has 0 aliphatic rings. The number of hydrogen-bond acceptors (Lipinski definition) is 1. The quantitative estimate of drug-likeness (QED) is 0.573. The van der Waals surface area contributed by atoms with Crippen LogP contribution in [0.2, 0.25) is 0 Å². The molecule has 0 aromatic heterocycles. The zero-order valence-electron chi connectivity index (χ0n) is 6.31. The number of phenolic OH excluding ortho intramolecular Hbond substituents is 1. The first-order valence-electron chi connectivity index (χ1n) is 3.28. The Morgan fingerprint density at radius 1 is 1.25 bits per heavy atom. The number of hydrogen-bond donors (Lipinski definition) is 1. The lowest BCUT2D eigenvalue weighted by Gasteiger charge is -2.09. The van der Waals surface area contributed by atoms with E-state index in [1.165, 1.54) is 20.0 Å². The van der Waals surface area contributed by atoms with Crippen LogP contribution in [0.4, 0.5) is 13.2 Å². The molecule has 1 aromatic rings. The zero-order chi connectivity index (χ0) is 9.35. The number of rotatable bonds is 0. The molecule has 0 saturated carbocycles. The predicted octanol–water partition coefficient (Wildman–Crippen LogP) is 0.669. The van der Waals surface area contributed by atoms with Gasteiger partial charge in [-0.05, 0) is 11.5 Å². The summed E-state index contributed by atoms with van der Waals surface area (Å²) < 4.78 is 36.2. The van der Waals surface area contributed by atoms with Crippen LogP contribution in [0, 0.1) is 0 Å². The average molecular weight is 174 g/mol. The molecule has 0 aliphatic heterocycles. The molecule has 0 spiro atoms. The molecular formula is C7H6BF3O. The Morgan fingerprint density at radius 2 is 1.83 bits per heavy atom. The van der Waals surface area contributed by atoms with E-state index in [2.05, 4.69) is 0 Å². The summed E-state index contributed by atoms with van der Waals surface area (Å²) in [5.41, 5.74) is -0.757. The SMILES string of the molecule is Bc1cccc(C(F)(F)F)c1O. The summed E-state index contributed by atoms with van der Waals surface area (Å²) in [6, 6.07) is 3.53. The van der Waals surface area contributed by atoms with Gasteiger partial charge in [0.2, 0.25) is 0 Å². The van der Waals surface area contributed by atoms with Crippen LogP contribution in [-0.2, 0) is 6.18 Å². The van der Waals surface area contributed by atoms with E-state index in [4.69, 9.17) is 5.11 Å². The highest BCUT2D eigenvalue weighted by molar-refractivity contribution is 6.34. The van der Waals surface area contributed by atoms with Crippen molar-refractivity contribution in [1.82, 2.24) is 0 Å². The summed E-state index contributed by atoms with van der Waals surface area (Å²) in [4.78, 5) is 0. The standard InChI is InChI=1S/C7H6BF3O/c8-5-3-1-2-4(6(5)12)7(9,10)11/h1-3,12H,8H2. The number of aromatic hydroxyl groups is 1. The van der Waals surface area contributed by atoms with Gasteiger partial charge in [0, 0.05) is 0 Å². The molecule has 0 heterocycles. The Hall–Kier alpha value is -1.13. The third kappa shape index (κ3) is 1.54. The van der Waals surface area contributed by atoms with Gasteiger partial charge in [-0.2, -0.15) is 13.2 Å². The van der Waals surface area contributed by atoms with E-state index in [0.29, 0.717) is 0 Å². The number of alkyl halides is 3. The van der Waals surface area contributed by atoms with Gasteiger partial charge >= 0.3 is 6.18 Å². The number of para-hydroxylation sites is 1. The Morgan fingerprint density at radius 3 is 2.25 bits per heavy atom. The third-order valence-electron chi connectivity index (χ3n) is 1.54. The van der Waals surface area contributed by atoms with E-state index < -0.39 is 17.5 Å². The zero-order valence-corrected chi connectivity index (χ0v) is 6.31. The van der Waals surface area contributed by atoms with Gasteiger partial charge in [-0.25, -0.2) is 0 Å². The van der Waals surface area contributed by atoms with Crippen LogP contribution in [-0.4, -0.2) is 13.0 Å². The largest absolute Gasteiger partial charge is 0.508 e. The van der Waals surface area contributed by atoms with Gasteiger partial charge in [-0.1, -0.05) is 12.1 Å². The number of benzene rings is 1. The molecule has 5 heteroatoms. The van der Waals surface area contributed by atoms with Gasteiger partial charge in [0.15, 0.2) is 0 Å². The van der Waals surface area contributed by atoms with Gasteiger partial charge in [0.25, 0.3) is 0 Å². The molecular weight excluding hydrogens is 168 g/mol. The van der Waals surface area contributed by atoms with Crippen LogP contribution in [0.1, 0.15) is 5.56 Å². The van der Waals surface area contributed by atoms with Gasteiger partial charge in [-0.15, -0.1) is 0 Å². The Bertz CT molecular complexity index is 295. The minimum absolute atomic E-state index is 0.227. The smallest absolute Gasteiger partial charge is 0.419 e. The van der Waals surface area contributed by atoms with Crippen LogP contribution >= 0.6 is 0 Å². The Kier molecular flexibility index (Phi) is 2.04. The second kappa shape index (κ2) is 2.73. The maximum Gasteiger partial charge on any atom is 0.419 e. The highest BCUT2D eigenvalue weighted by Crippen LogP contribution is 2.33. The molecule has 1 aromatic carbocycles. The molecule has 0 unspecified atom stereocenters. The van der Waals surface area contributed by atoms with Gasteiger partial charge < -0.3 is 5.11 Å². The monoisotopic (exact) mass is 174 g/mol. The van der Waals surface area contributed by atoms with E-state index in [1.807, 2.05) is 0 Å². The third-order valence-corrected chi connectivity index (χ3v) is 1.54. The molecule has 12 heavy (non-hydrogen) atoms. The van der Waals surface area contributed by atoms with Crippen LogP contribution < -0.4 is 5.46 Å². The topological polar surface area (TPSA) is 20.2 Å². The molecule has 0 saturated heterocycles. The predicted molar refractivity (Wildman–Crippen MR) is 41.3 cm³/mol. The first-order valence-corrected chi connectivity index (χ1v) is 3.28. The van der Waals surface area contributed by atoms with E-state index >= 15 is 0 Å². The molecule has 0 amide bonds. The Labute approximate surface area is 68.2 Å². The fourth-order valence-electron chi connectivity index (χ4n) is 0.888. The minimum atomic E-state index is -4.48. The second-order valence-corrected chi connectivity index (χ2v) is 2.47. The van der Waals surface area contributed by atoms with Gasteiger partial charge in [0.1, 0.15) is 13.6 Å². The lowest BCUT2D eigenvalue weighted by atomic mass is 9.93. The van der Waals surface area contributed by atoms with Crippen molar-refractivity contribution >= 4 is 13.3 Å². The van der Waals surface area contributed by atoms with Crippen molar-refractivity contribution in [2.24, 2.45) is 0 Å². The van der Waals surface area contributed by atoms with Crippen molar-refractivity contribution in [2.75, 3.05) is 0 Å².